The fraction of sp³-hybridized carbons (Fsp3) is 0.533. The molecule has 0 aliphatic heterocycles. The molecule has 2 nitrogen and oxygen atoms in total. The minimum Gasteiger partial charge on any atom is -0.319 e. The summed E-state index contributed by atoms with van der Waals surface area (Å²) in [6.07, 6.45) is 5.92. The SMILES string of the molecule is CCC1CCC(N)(c2nc(-c3ccc(Br)s3)cs2)CC1. The predicted octanol–water partition coefficient (Wildman–Crippen LogP) is 5.39. The molecule has 1 aliphatic rings. The second kappa shape index (κ2) is 5.87. The van der Waals surface area contributed by atoms with Gasteiger partial charge in [-0.05, 0) is 59.7 Å². The molecule has 0 atom stereocenters. The lowest BCUT2D eigenvalue weighted by atomic mass is 9.76. The van der Waals surface area contributed by atoms with Crippen molar-refractivity contribution in [1.82, 2.24) is 4.98 Å². The number of hydrogen-bond donors (Lipinski definition) is 1. The van der Waals surface area contributed by atoms with Crippen LogP contribution in [0.1, 0.15) is 44.0 Å². The smallest absolute Gasteiger partial charge is 0.113 e. The first-order chi connectivity index (χ1) is 9.60. The first-order valence-corrected chi connectivity index (χ1v) is 9.60. The summed E-state index contributed by atoms with van der Waals surface area (Å²) >= 11 is 6.95. The molecule has 0 unspecified atom stereocenters. The van der Waals surface area contributed by atoms with Crippen molar-refractivity contribution in [3.63, 3.8) is 0 Å². The maximum atomic E-state index is 6.64. The van der Waals surface area contributed by atoms with Gasteiger partial charge in [-0.15, -0.1) is 22.7 Å². The first-order valence-electron chi connectivity index (χ1n) is 7.11. The van der Waals surface area contributed by atoms with Crippen LogP contribution in [0.4, 0.5) is 0 Å². The molecule has 1 aliphatic carbocycles. The molecule has 20 heavy (non-hydrogen) atoms. The third kappa shape index (κ3) is 2.86. The Bertz CT molecular complexity index is 582. The van der Waals surface area contributed by atoms with Crippen LogP contribution in [0.15, 0.2) is 21.3 Å². The van der Waals surface area contributed by atoms with Gasteiger partial charge in [0.05, 0.1) is 19.9 Å². The first kappa shape index (κ1) is 14.7. The van der Waals surface area contributed by atoms with Crippen LogP contribution in [0.25, 0.3) is 10.6 Å². The van der Waals surface area contributed by atoms with Gasteiger partial charge in [0.25, 0.3) is 0 Å². The lowest BCUT2D eigenvalue weighted by Crippen LogP contribution is -2.40. The standard InChI is InChI=1S/C15H19BrN2S2/c1-2-10-5-7-15(17,8-6-10)14-18-11(9-19-14)12-3-4-13(16)20-12/h3-4,9-10H,2,5-8,17H2,1H3. The van der Waals surface area contributed by atoms with E-state index in [4.69, 9.17) is 10.7 Å². The highest BCUT2D eigenvalue weighted by atomic mass is 79.9. The van der Waals surface area contributed by atoms with E-state index < -0.39 is 0 Å². The second-order valence-corrected chi connectivity index (χ2v) is 8.97. The topological polar surface area (TPSA) is 38.9 Å². The number of hydrogen-bond acceptors (Lipinski definition) is 4. The van der Waals surface area contributed by atoms with Crippen molar-refractivity contribution >= 4 is 38.6 Å². The molecule has 3 rings (SSSR count). The van der Waals surface area contributed by atoms with Crippen LogP contribution in [0.3, 0.4) is 0 Å². The van der Waals surface area contributed by atoms with Gasteiger partial charge in [-0.3, -0.25) is 0 Å². The normalized spacial score (nSPS) is 26.9. The van der Waals surface area contributed by atoms with Crippen molar-refractivity contribution in [3.8, 4) is 10.6 Å². The predicted molar refractivity (Wildman–Crippen MR) is 91.2 cm³/mol. The van der Waals surface area contributed by atoms with Gasteiger partial charge in [0.1, 0.15) is 5.01 Å². The molecule has 0 saturated heterocycles. The summed E-state index contributed by atoms with van der Waals surface area (Å²) in [7, 11) is 0. The highest BCUT2D eigenvalue weighted by Gasteiger charge is 2.35. The molecule has 2 aromatic rings. The number of nitrogens with zero attached hydrogens (tertiary/aromatic N) is 1. The third-order valence-corrected chi connectivity index (χ3v) is 7.04. The molecule has 0 spiro atoms. The molecular formula is C15H19BrN2S2. The van der Waals surface area contributed by atoms with E-state index in [0.717, 1.165) is 33.2 Å². The van der Waals surface area contributed by atoms with Crippen LogP contribution in [-0.2, 0) is 5.54 Å². The second-order valence-electron chi connectivity index (χ2n) is 5.65. The molecule has 2 aromatic heterocycles. The molecule has 1 saturated carbocycles. The zero-order valence-corrected chi connectivity index (χ0v) is 14.8. The Morgan fingerprint density at radius 1 is 1.40 bits per heavy atom. The van der Waals surface area contributed by atoms with Gasteiger partial charge in [0, 0.05) is 5.38 Å². The summed E-state index contributed by atoms with van der Waals surface area (Å²) in [4.78, 5) is 6.04. The van der Waals surface area contributed by atoms with E-state index in [1.807, 2.05) is 0 Å². The van der Waals surface area contributed by atoms with E-state index >= 15 is 0 Å². The Morgan fingerprint density at radius 2 is 2.15 bits per heavy atom. The summed E-state index contributed by atoms with van der Waals surface area (Å²) in [6.45, 7) is 2.28. The van der Waals surface area contributed by atoms with Crippen molar-refractivity contribution in [2.75, 3.05) is 0 Å². The van der Waals surface area contributed by atoms with E-state index in [1.165, 1.54) is 24.1 Å². The summed E-state index contributed by atoms with van der Waals surface area (Å²) in [5.41, 5.74) is 7.52. The van der Waals surface area contributed by atoms with Crippen LogP contribution >= 0.6 is 38.6 Å². The summed E-state index contributed by atoms with van der Waals surface area (Å²) in [5, 5.41) is 3.26. The Hall–Kier alpha value is -0.230. The summed E-state index contributed by atoms with van der Waals surface area (Å²) in [5.74, 6) is 0.861. The molecule has 0 bridgehead atoms. The van der Waals surface area contributed by atoms with Crippen LogP contribution in [0.2, 0.25) is 0 Å². The van der Waals surface area contributed by atoms with Gasteiger partial charge < -0.3 is 5.73 Å². The highest BCUT2D eigenvalue weighted by molar-refractivity contribution is 9.11. The summed E-state index contributed by atoms with van der Waals surface area (Å²) in [6, 6.07) is 4.19. The monoisotopic (exact) mass is 370 g/mol. The molecule has 2 heterocycles. The molecule has 0 aromatic carbocycles. The third-order valence-electron chi connectivity index (χ3n) is 4.33. The van der Waals surface area contributed by atoms with Gasteiger partial charge in [-0.25, -0.2) is 4.98 Å². The number of thiophene rings is 1. The van der Waals surface area contributed by atoms with Gasteiger partial charge in [-0.2, -0.15) is 0 Å². The molecule has 0 radical (unpaired) electrons. The summed E-state index contributed by atoms with van der Waals surface area (Å²) < 4.78 is 1.15. The Balaban J connectivity index is 1.80. The Morgan fingerprint density at radius 3 is 2.75 bits per heavy atom. The molecule has 2 N–H and O–H groups in total. The van der Waals surface area contributed by atoms with Crippen molar-refractivity contribution in [2.24, 2.45) is 11.7 Å². The number of rotatable bonds is 3. The van der Waals surface area contributed by atoms with Crippen LogP contribution in [0, 0.1) is 5.92 Å². The van der Waals surface area contributed by atoms with Crippen LogP contribution in [-0.4, -0.2) is 4.98 Å². The van der Waals surface area contributed by atoms with Gasteiger partial charge in [0.15, 0.2) is 0 Å². The minimum atomic E-state index is -0.191. The van der Waals surface area contributed by atoms with Gasteiger partial charge >= 0.3 is 0 Å². The average Bonchev–Trinajstić information content (AvgIpc) is 3.08. The van der Waals surface area contributed by atoms with E-state index in [0.29, 0.717) is 0 Å². The molecule has 5 heteroatoms. The fourth-order valence-electron chi connectivity index (χ4n) is 2.88. The number of halogens is 1. The van der Waals surface area contributed by atoms with Gasteiger partial charge in [-0.1, -0.05) is 13.3 Å². The number of nitrogens with two attached hydrogens (primary N) is 1. The molecule has 108 valence electrons. The molecule has 1 fully saturated rings. The minimum absolute atomic E-state index is 0.191. The lowest BCUT2D eigenvalue weighted by Gasteiger charge is -2.35. The highest BCUT2D eigenvalue weighted by Crippen LogP contribution is 2.41. The zero-order valence-electron chi connectivity index (χ0n) is 11.6. The van der Waals surface area contributed by atoms with Crippen molar-refractivity contribution in [2.45, 2.75) is 44.6 Å². The van der Waals surface area contributed by atoms with Gasteiger partial charge in [0.2, 0.25) is 0 Å². The Kier molecular flexibility index (Phi) is 4.32. The number of aromatic nitrogens is 1. The number of thiazole rings is 1. The fourth-order valence-corrected chi connectivity index (χ4v) is 5.30. The average molecular weight is 371 g/mol. The molecule has 0 amide bonds. The van der Waals surface area contributed by atoms with E-state index in [9.17, 15) is 0 Å². The van der Waals surface area contributed by atoms with E-state index in [-0.39, 0.29) is 5.54 Å². The van der Waals surface area contributed by atoms with Crippen LogP contribution < -0.4 is 5.73 Å². The van der Waals surface area contributed by atoms with E-state index in [1.54, 1.807) is 22.7 Å². The van der Waals surface area contributed by atoms with Crippen molar-refractivity contribution in [3.05, 3.63) is 26.3 Å². The molecular weight excluding hydrogens is 352 g/mol. The largest absolute Gasteiger partial charge is 0.319 e. The van der Waals surface area contributed by atoms with Crippen molar-refractivity contribution < 1.29 is 0 Å². The zero-order chi connectivity index (χ0) is 14.2. The maximum absolute atomic E-state index is 6.64. The Labute approximate surface area is 136 Å². The van der Waals surface area contributed by atoms with Crippen molar-refractivity contribution in [1.29, 1.82) is 0 Å². The van der Waals surface area contributed by atoms with E-state index in [2.05, 4.69) is 40.4 Å². The maximum Gasteiger partial charge on any atom is 0.113 e. The lowest BCUT2D eigenvalue weighted by molar-refractivity contribution is 0.231. The quantitative estimate of drug-likeness (QED) is 0.786. The van der Waals surface area contributed by atoms with Crippen LogP contribution in [0.5, 0.6) is 0 Å².